The molecule has 1 aromatic carbocycles. The van der Waals surface area contributed by atoms with Gasteiger partial charge in [-0.15, -0.1) is 0 Å². The lowest BCUT2D eigenvalue weighted by atomic mass is 10.3. The minimum atomic E-state index is -0.346. The SMILES string of the molecule is COCCn1c(=NC(=O)c2ccnn2C)sc2cc(OC)c(OC)cc21. The minimum absolute atomic E-state index is 0.346. The minimum Gasteiger partial charge on any atom is -0.493 e. The average Bonchev–Trinajstić information content (AvgIpc) is 3.21. The van der Waals surface area contributed by atoms with Crippen LogP contribution in [0.5, 0.6) is 11.5 Å². The van der Waals surface area contributed by atoms with Gasteiger partial charge in [0, 0.05) is 39.0 Å². The molecule has 0 aliphatic rings. The number of benzene rings is 1. The largest absolute Gasteiger partial charge is 0.493 e. The molecule has 0 unspecified atom stereocenters. The van der Waals surface area contributed by atoms with Crippen LogP contribution in [0.15, 0.2) is 29.4 Å². The fourth-order valence-corrected chi connectivity index (χ4v) is 3.67. The summed E-state index contributed by atoms with van der Waals surface area (Å²) in [5, 5.41) is 4.02. The van der Waals surface area contributed by atoms with Crippen LogP contribution in [0.1, 0.15) is 10.5 Å². The second-order valence-corrected chi connectivity index (χ2v) is 6.47. The Kier molecular flexibility index (Phi) is 5.38. The number of thiazole rings is 1. The van der Waals surface area contributed by atoms with E-state index >= 15 is 0 Å². The molecule has 0 bridgehead atoms. The number of hydrogen-bond acceptors (Lipinski definition) is 6. The summed E-state index contributed by atoms with van der Waals surface area (Å²) in [5.41, 5.74) is 1.33. The molecular formula is C17H20N4O4S. The quantitative estimate of drug-likeness (QED) is 0.656. The van der Waals surface area contributed by atoms with E-state index in [0.29, 0.717) is 35.1 Å². The van der Waals surface area contributed by atoms with E-state index in [1.165, 1.54) is 16.0 Å². The Morgan fingerprint density at radius 3 is 2.58 bits per heavy atom. The summed E-state index contributed by atoms with van der Waals surface area (Å²) in [7, 11) is 6.53. The van der Waals surface area contributed by atoms with Gasteiger partial charge in [0.05, 0.1) is 31.0 Å². The van der Waals surface area contributed by atoms with E-state index in [1.807, 2.05) is 16.7 Å². The molecule has 2 heterocycles. The van der Waals surface area contributed by atoms with Crippen molar-refractivity contribution < 1.29 is 19.0 Å². The number of methoxy groups -OCH3 is 3. The zero-order valence-corrected chi connectivity index (χ0v) is 15.9. The molecule has 0 spiro atoms. The molecule has 0 aliphatic carbocycles. The highest BCUT2D eigenvalue weighted by molar-refractivity contribution is 7.16. The van der Waals surface area contributed by atoms with Gasteiger partial charge in [-0.2, -0.15) is 10.1 Å². The van der Waals surface area contributed by atoms with Crippen molar-refractivity contribution in [3.63, 3.8) is 0 Å². The number of aromatic nitrogens is 3. The topological polar surface area (TPSA) is 79.9 Å². The molecule has 0 atom stereocenters. The summed E-state index contributed by atoms with van der Waals surface area (Å²) in [6.45, 7) is 1.05. The summed E-state index contributed by atoms with van der Waals surface area (Å²) < 4.78 is 20.4. The van der Waals surface area contributed by atoms with Crippen molar-refractivity contribution in [3.05, 3.63) is 34.9 Å². The molecule has 0 saturated carbocycles. The zero-order valence-electron chi connectivity index (χ0n) is 15.1. The van der Waals surface area contributed by atoms with E-state index in [-0.39, 0.29) is 5.91 Å². The second-order valence-electron chi connectivity index (χ2n) is 5.46. The summed E-state index contributed by atoms with van der Waals surface area (Å²) >= 11 is 1.41. The van der Waals surface area contributed by atoms with Crippen molar-refractivity contribution in [1.82, 2.24) is 14.3 Å². The van der Waals surface area contributed by atoms with Crippen LogP contribution < -0.4 is 14.3 Å². The fraction of sp³-hybridized carbons (Fsp3) is 0.353. The van der Waals surface area contributed by atoms with Crippen LogP contribution in [0.3, 0.4) is 0 Å². The van der Waals surface area contributed by atoms with Crippen LogP contribution in [0, 0.1) is 0 Å². The normalized spacial score (nSPS) is 11.9. The smallest absolute Gasteiger partial charge is 0.297 e. The molecule has 0 aliphatic heterocycles. The van der Waals surface area contributed by atoms with Crippen LogP contribution in [0.25, 0.3) is 10.2 Å². The average molecular weight is 376 g/mol. The Balaban J connectivity index is 2.18. The van der Waals surface area contributed by atoms with Crippen molar-refractivity contribution >= 4 is 27.5 Å². The first kappa shape index (κ1) is 18.2. The molecule has 138 valence electrons. The molecule has 0 fully saturated rings. The first-order valence-electron chi connectivity index (χ1n) is 7.90. The van der Waals surface area contributed by atoms with Gasteiger partial charge in [0.15, 0.2) is 16.3 Å². The molecule has 26 heavy (non-hydrogen) atoms. The maximum absolute atomic E-state index is 12.5. The van der Waals surface area contributed by atoms with Crippen LogP contribution in [-0.2, 0) is 18.3 Å². The molecule has 0 N–H and O–H groups in total. The Hall–Kier alpha value is -2.65. The van der Waals surface area contributed by atoms with E-state index < -0.39 is 0 Å². The Labute approximate surface area is 154 Å². The van der Waals surface area contributed by atoms with Crippen molar-refractivity contribution in [2.75, 3.05) is 27.9 Å². The third-order valence-electron chi connectivity index (χ3n) is 3.94. The monoisotopic (exact) mass is 376 g/mol. The number of fused-ring (bicyclic) bond motifs is 1. The van der Waals surface area contributed by atoms with Crippen molar-refractivity contribution in [1.29, 1.82) is 0 Å². The van der Waals surface area contributed by atoms with Gasteiger partial charge in [0.1, 0.15) is 5.69 Å². The molecule has 8 nitrogen and oxygen atoms in total. The molecule has 3 rings (SSSR count). The van der Waals surface area contributed by atoms with E-state index in [0.717, 1.165) is 10.2 Å². The number of carbonyl (C=O) groups excluding carboxylic acids is 1. The lowest BCUT2D eigenvalue weighted by Gasteiger charge is -2.09. The van der Waals surface area contributed by atoms with Crippen molar-refractivity contribution in [3.8, 4) is 11.5 Å². The van der Waals surface area contributed by atoms with Gasteiger partial charge in [0.25, 0.3) is 5.91 Å². The van der Waals surface area contributed by atoms with Crippen LogP contribution in [0.4, 0.5) is 0 Å². The van der Waals surface area contributed by atoms with Gasteiger partial charge in [-0.05, 0) is 6.07 Å². The molecule has 2 aromatic heterocycles. The third-order valence-corrected chi connectivity index (χ3v) is 4.99. The van der Waals surface area contributed by atoms with E-state index in [4.69, 9.17) is 14.2 Å². The second kappa shape index (κ2) is 7.71. The van der Waals surface area contributed by atoms with Gasteiger partial charge in [-0.3, -0.25) is 9.48 Å². The van der Waals surface area contributed by atoms with E-state index in [9.17, 15) is 4.79 Å². The number of nitrogens with zero attached hydrogens (tertiary/aromatic N) is 4. The lowest BCUT2D eigenvalue weighted by molar-refractivity contribution is 0.0988. The predicted octanol–water partition coefficient (Wildman–Crippen LogP) is 1.84. The summed E-state index contributed by atoms with van der Waals surface area (Å²) in [6, 6.07) is 5.41. The fourth-order valence-electron chi connectivity index (χ4n) is 2.61. The molecule has 1 amide bonds. The van der Waals surface area contributed by atoms with Gasteiger partial charge in [0.2, 0.25) is 0 Å². The summed E-state index contributed by atoms with van der Waals surface area (Å²) in [5.74, 6) is 0.903. The van der Waals surface area contributed by atoms with Gasteiger partial charge in [-0.1, -0.05) is 11.3 Å². The molecule has 9 heteroatoms. The van der Waals surface area contributed by atoms with E-state index in [1.54, 1.807) is 40.6 Å². The molecule has 0 radical (unpaired) electrons. The number of rotatable bonds is 6. The maximum atomic E-state index is 12.5. The molecule has 3 aromatic rings. The highest BCUT2D eigenvalue weighted by Crippen LogP contribution is 2.33. The van der Waals surface area contributed by atoms with Gasteiger partial charge >= 0.3 is 0 Å². The van der Waals surface area contributed by atoms with Gasteiger partial charge < -0.3 is 18.8 Å². The highest BCUT2D eigenvalue weighted by atomic mass is 32.1. The maximum Gasteiger partial charge on any atom is 0.297 e. The number of hydrogen-bond donors (Lipinski definition) is 0. The predicted molar refractivity (Wildman–Crippen MR) is 97.9 cm³/mol. The Morgan fingerprint density at radius 2 is 1.96 bits per heavy atom. The van der Waals surface area contributed by atoms with E-state index in [2.05, 4.69) is 10.1 Å². The number of aryl methyl sites for hydroxylation is 1. The lowest BCUT2D eigenvalue weighted by Crippen LogP contribution is -2.20. The summed E-state index contributed by atoms with van der Waals surface area (Å²) in [4.78, 5) is 17.4. The molecular weight excluding hydrogens is 356 g/mol. The van der Waals surface area contributed by atoms with Crippen molar-refractivity contribution in [2.24, 2.45) is 12.0 Å². The van der Waals surface area contributed by atoms with Gasteiger partial charge in [-0.25, -0.2) is 0 Å². The first-order valence-corrected chi connectivity index (χ1v) is 8.72. The highest BCUT2D eigenvalue weighted by Gasteiger charge is 2.14. The standard InChI is InChI=1S/C17H20N4O4S/c1-20-11(5-6-18-20)16(22)19-17-21(7-8-23-2)12-9-13(24-3)14(25-4)10-15(12)26-17/h5-6,9-10H,7-8H2,1-4H3. The molecule has 0 saturated heterocycles. The van der Waals surface area contributed by atoms with Crippen LogP contribution in [0.2, 0.25) is 0 Å². The van der Waals surface area contributed by atoms with Crippen LogP contribution in [-0.4, -0.2) is 48.2 Å². The number of amides is 1. The van der Waals surface area contributed by atoms with Crippen LogP contribution >= 0.6 is 11.3 Å². The third kappa shape index (κ3) is 3.35. The zero-order chi connectivity index (χ0) is 18.7. The Bertz CT molecular complexity index is 1000. The first-order chi connectivity index (χ1) is 12.6. The Morgan fingerprint density at radius 1 is 1.23 bits per heavy atom. The summed E-state index contributed by atoms with van der Waals surface area (Å²) in [6.07, 6.45) is 1.57. The van der Waals surface area contributed by atoms with Crippen molar-refractivity contribution in [2.45, 2.75) is 6.54 Å². The number of carbonyl (C=O) groups is 1. The number of ether oxygens (including phenoxy) is 3.